The molecule has 3 aromatic rings. The van der Waals surface area contributed by atoms with Gasteiger partial charge in [-0.25, -0.2) is 9.07 Å². The molecule has 0 radical (unpaired) electrons. The lowest BCUT2D eigenvalue weighted by Gasteiger charge is -2.25. The average Bonchev–Trinajstić information content (AvgIpc) is 3.13. The van der Waals surface area contributed by atoms with Crippen LogP contribution in [-0.2, 0) is 0 Å². The average molecular weight is 387 g/mol. The van der Waals surface area contributed by atoms with Gasteiger partial charge in [0, 0.05) is 17.8 Å². The Hall–Kier alpha value is -2.70. The lowest BCUT2D eigenvalue weighted by molar-refractivity contribution is 0.0936. The molecule has 1 atom stereocenters. The Balaban J connectivity index is 1.72. The fourth-order valence-corrected chi connectivity index (χ4v) is 3.07. The lowest BCUT2D eigenvalue weighted by atomic mass is 10.1. The van der Waals surface area contributed by atoms with E-state index in [1.165, 1.54) is 10.7 Å². The Kier molecular flexibility index (Phi) is 5.88. The van der Waals surface area contributed by atoms with Crippen LogP contribution in [0.2, 0.25) is 5.02 Å². The van der Waals surface area contributed by atoms with E-state index in [0.717, 1.165) is 5.56 Å². The van der Waals surface area contributed by atoms with Gasteiger partial charge in [0.15, 0.2) is 5.69 Å². The van der Waals surface area contributed by atoms with Crippen molar-refractivity contribution in [2.75, 3.05) is 20.6 Å². The highest BCUT2D eigenvalue weighted by Gasteiger charge is 2.19. The van der Waals surface area contributed by atoms with E-state index < -0.39 is 5.82 Å². The third-order valence-electron chi connectivity index (χ3n) is 4.26. The number of amides is 1. The molecule has 7 heteroatoms. The zero-order valence-corrected chi connectivity index (χ0v) is 15.8. The van der Waals surface area contributed by atoms with Gasteiger partial charge in [-0.2, -0.15) is 5.10 Å². The van der Waals surface area contributed by atoms with E-state index in [4.69, 9.17) is 11.6 Å². The molecule has 1 amide bonds. The normalized spacial score (nSPS) is 12.2. The zero-order chi connectivity index (χ0) is 19.4. The van der Waals surface area contributed by atoms with E-state index in [2.05, 4.69) is 10.4 Å². The van der Waals surface area contributed by atoms with Crippen molar-refractivity contribution >= 4 is 17.5 Å². The van der Waals surface area contributed by atoms with Crippen molar-refractivity contribution in [3.05, 3.63) is 82.9 Å². The van der Waals surface area contributed by atoms with Gasteiger partial charge in [0.05, 0.1) is 6.04 Å². The van der Waals surface area contributed by atoms with Gasteiger partial charge in [-0.1, -0.05) is 41.9 Å². The van der Waals surface area contributed by atoms with Gasteiger partial charge in [0.2, 0.25) is 0 Å². The Morgan fingerprint density at radius 2 is 1.89 bits per heavy atom. The highest BCUT2D eigenvalue weighted by Crippen LogP contribution is 2.25. The Bertz CT molecular complexity index is 941. The number of likely N-dealkylation sites (N-methyl/N-ethyl adjacent to an activating group) is 1. The van der Waals surface area contributed by atoms with Crippen molar-refractivity contribution in [3.63, 3.8) is 0 Å². The molecule has 1 aromatic heterocycles. The molecule has 1 N–H and O–H groups in total. The Morgan fingerprint density at radius 3 is 2.59 bits per heavy atom. The minimum absolute atomic E-state index is 0.0868. The number of para-hydroxylation sites is 1. The number of carbonyl (C=O) groups excluding carboxylic acids is 1. The molecule has 1 heterocycles. The van der Waals surface area contributed by atoms with Gasteiger partial charge in [0.1, 0.15) is 11.5 Å². The summed E-state index contributed by atoms with van der Waals surface area (Å²) >= 11 is 6.29. The van der Waals surface area contributed by atoms with Crippen LogP contribution in [0.1, 0.15) is 22.1 Å². The summed E-state index contributed by atoms with van der Waals surface area (Å²) in [4.78, 5) is 14.5. The van der Waals surface area contributed by atoms with Gasteiger partial charge in [0.25, 0.3) is 5.91 Å². The molecule has 0 aliphatic heterocycles. The monoisotopic (exact) mass is 386 g/mol. The number of hydrogen-bond acceptors (Lipinski definition) is 3. The number of rotatable bonds is 6. The predicted octanol–water partition coefficient (Wildman–Crippen LogP) is 3.70. The first-order valence-electron chi connectivity index (χ1n) is 8.47. The van der Waals surface area contributed by atoms with Gasteiger partial charge < -0.3 is 10.2 Å². The first-order chi connectivity index (χ1) is 13.0. The van der Waals surface area contributed by atoms with Crippen molar-refractivity contribution in [2.45, 2.75) is 6.04 Å². The molecule has 0 aliphatic carbocycles. The molecule has 0 bridgehead atoms. The summed E-state index contributed by atoms with van der Waals surface area (Å²) in [6.45, 7) is 0.363. The molecule has 2 aromatic carbocycles. The molecule has 3 rings (SSSR count). The summed E-state index contributed by atoms with van der Waals surface area (Å²) in [5.74, 6) is -0.733. The minimum atomic E-state index is -0.404. The summed E-state index contributed by atoms with van der Waals surface area (Å²) in [5.41, 5.74) is 1.44. The SMILES string of the molecule is CN(C)C(CNC(=O)c1ccn(-c2ccccc2F)n1)c1ccccc1Cl. The van der Waals surface area contributed by atoms with E-state index in [-0.39, 0.29) is 17.6 Å². The maximum Gasteiger partial charge on any atom is 0.271 e. The first-order valence-corrected chi connectivity index (χ1v) is 8.85. The third kappa shape index (κ3) is 4.35. The van der Waals surface area contributed by atoms with Crippen LogP contribution < -0.4 is 5.32 Å². The van der Waals surface area contributed by atoms with E-state index in [1.807, 2.05) is 43.3 Å². The highest BCUT2D eigenvalue weighted by molar-refractivity contribution is 6.31. The first kappa shape index (κ1) is 19.1. The van der Waals surface area contributed by atoms with Crippen molar-refractivity contribution in [2.24, 2.45) is 0 Å². The second-order valence-corrected chi connectivity index (χ2v) is 6.72. The number of aromatic nitrogens is 2. The maximum absolute atomic E-state index is 13.9. The van der Waals surface area contributed by atoms with Gasteiger partial charge in [-0.3, -0.25) is 4.79 Å². The van der Waals surface area contributed by atoms with Crippen molar-refractivity contribution in [1.82, 2.24) is 20.0 Å². The highest BCUT2D eigenvalue weighted by atomic mass is 35.5. The quantitative estimate of drug-likeness (QED) is 0.702. The number of nitrogens with zero attached hydrogens (tertiary/aromatic N) is 3. The van der Waals surface area contributed by atoms with Gasteiger partial charge in [-0.05, 0) is 43.9 Å². The maximum atomic E-state index is 13.9. The van der Waals surface area contributed by atoms with Crippen LogP contribution in [0.5, 0.6) is 0 Å². The molecule has 5 nitrogen and oxygen atoms in total. The van der Waals surface area contributed by atoms with Crippen LogP contribution in [0.15, 0.2) is 60.8 Å². The van der Waals surface area contributed by atoms with E-state index in [9.17, 15) is 9.18 Å². The molecule has 0 aliphatic rings. The zero-order valence-electron chi connectivity index (χ0n) is 15.1. The summed E-state index contributed by atoms with van der Waals surface area (Å²) in [6.07, 6.45) is 1.56. The van der Waals surface area contributed by atoms with Gasteiger partial charge >= 0.3 is 0 Å². The van der Waals surface area contributed by atoms with Gasteiger partial charge in [-0.15, -0.1) is 0 Å². The van der Waals surface area contributed by atoms with Crippen molar-refractivity contribution < 1.29 is 9.18 Å². The van der Waals surface area contributed by atoms with E-state index in [0.29, 0.717) is 17.3 Å². The van der Waals surface area contributed by atoms with Crippen LogP contribution in [0.4, 0.5) is 4.39 Å². The van der Waals surface area contributed by atoms with E-state index in [1.54, 1.807) is 30.5 Å². The number of halogens is 2. The second-order valence-electron chi connectivity index (χ2n) is 6.31. The summed E-state index contributed by atoms with van der Waals surface area (Å²) < 4.78 is 15.2. The van der Waals surface area contributed by atoms with Crippen LogP contribution in [0, 0.1) is 5.82 Å². The van der Waals surface area contributed by atoms with Crippen LogP contribution in [0.25, 0.3) is 5.69 Å². The molecular weight excluding hydrogens is 367 g/mol. The molecule has 1 unspecified atom stereocenters. The molecule has 0 spiro atoms. The second kappa shape index (κ2) is 8.33. The summed E-state index contributed by atoms with van der Waals surface area (Å²) in [5, 5.41) is 7.70. The standard InChI is InChI=1S/C20H20ClFN4O/c1-25(2)19(14-7-3-4-8-15(14)21)13-23-20(27)17-11-12-26(24-17)18-10-6-5-9-16(18)22/h3-12,19H,13H2,1-2H3,(H,23,27). The van der Waals surface area contributed by atoms with Crippen molar-refractivity contribution in [1.29, 1.82) is 0 Å². The molecule has 0 saturated heterocycles. The molecule has 27 heavy (non-hydrogen) atoms. The minimum Gasteiger partial charge on any atom is -0.349 e. The van der Waals surface area contributed by atoms with Crippen LogP contribution >= 0.6 is 11.6 Å². The lowest BCUT2D eigenvalue weighted by Crippen LogP contribution is -2.35. The number of carbonyl (C=O) groups is 1. The Morgan fingerprint density at radius 1 is 1.19 bits per heavy atom. The third-order valence-corrected chi connectivity index (χ3v) is 4.61. The largest absolute Gasteiger partial charge is 0.349 e. The number of nitrogens with one attached hydrogen (secondary N) is 1. The number of hydrogen-bond donors (Lipinski definition) is 1. The summed E-state index contributed by atoms with van der Waals surface area (Å²) in [6, 6.07) is 15.3. The van der Waals surface area contributed by atoms with Crippen LogP contribution in [-0.4, -0.2) is 41.2 Å². The van der Waals surface area contributed by atoms with Crippen LogP contribution in [0.3, 0.4) is 0 Å². The molecule has 0 fully saturated rings. The predicted molar refractivity (Wildman–Crippen MR) is 104 cm³/mol. The fraction of sp³-hybridized carbons (Fsp3) is 0.200. The topological polar surface area (TPSA) is 50.2 Å². The summed E-state index contributed by atoms with van der Waals surface area (Å²) in [7, 11) is 3.85. The van der Waals surface area contributed by atoms with Crippen molar-refractivity contribution in [3.8, 4) is 5.69 Å². The smallest absolute Gasteiger partial charge is 0.271 e. The fourth-order valence-electron chi connectivity index (χ4n) is 2.81. The molecular formula is C20H20ClFN4O. The Labute approximate surface area is 162 Å². The number of benzene rings is 2. The molecule has 0 saturated carbocycles. The molecule has 140 valence electrons. The van der Waals surface area contributed by atoms with E-state index >= 15 is 0 Å².